The van der Waals surface area contributed by atoms with Gasteiger partial charge in [0, 0.05) is 5.56 Å². The Labute approximate surface area is 85.5 Å². The van der Waals surface area contributed by atoms with E-state index in [-0.39, 0.29) is 31.0 Å². The van der Waals surface area contributed by atoms with Gasteiger partial charge in [0.25, 0.3) is 0 Å². The third-order valence-corrected chi connectivity index (χ3v) is 1.77. The van der Waals surface area contributed by atoms with E-state index >= 15 is 0 Å². The summed E-state index contributed by atoms with van der Waals surface area (Å²) in [7, 11) is 0. The molecule has 1 amide bonds. The van der Waals surface area contributed by atoms with Gasteiger partial charge in [0.2, 0.25) is 0 Å². The van der Waals surface area contributed by atoms with Crippen LogP contribution in [0.2, 0.25) is 0 Å². The van der Waals surface area contributed by atoms with Crippen molar-refractivity contribution >= 4 is 5.91 Å². The molecular formula is C8H4F2LiNO. The maximum atomic E-state index is 12.6. The zero-order valence-electron chi connectivity index (χ0n) is 6.97. The Bertz CT molecular complexity index is 367. The summed E-state index contributed by atoms with van der Waals surface area (Å²) >= 11 is 0. The predicted octanol–water partition coefficient (Wildman–Crippen LogP) is -1.00. The van der Waals surface area contributed by atoms with Crippen molar-refractivity contribution in [2.24, 2.45) is 0 Å². The number of carbonyl (C=O) groups excluding carboxylic acids is 1. The molecule has 1 aromatic rings. The van der Waals surface area contributed by atoms with E-state index in [1.165, 1.54) is 0 Å². The summed E-state index contributed by atoms with van der Waals surface area (Å²) < 4.78 is 25.2. The Hall–Kier alpha value is -0.853. The van der Waals surface area contributed by atoms with Gasteiger partial charge in [-0.2, -0.15) is 0 Å². The number of hydrogen-bond acceptors (Lipinski definition) is 1. The average molecular weight is 175 g/mol. The van der Waals surface area contributed by atoms with Crippen molar-refractivity contribution in [3.63, 3.8) is 0 Å². The van der Waals surface area contributed by atoms with Crippen molar-refractivity contribution in [3.05, 3.63) is 40.2 Å². The van der Waals surface area contributed by atoms with Crippen molar-refractivity contribution in [2.75, 3.05) is 0 Å². The summed E-state index contributed by atoms with van der Waals surface area (Å²) in [6.45, 7) is 0.158. The summed E-state index contributed by atoms with van der Waals surface area (Å²) in [6, 6.07) is 1.91. The molecule has 0 aromatic heterocycles. The Morgan fingerprint density at radius 3 is 2.54 bits per heavy atom. The average Bonchev–Trinajstić information content (AvgIpc) is 2.35. The van der Waals surface area contributed by atoms with Gasteiger partial charge in [-0.1, -0.05) is 5.56 Å². The molecule has 0 bridgehead atoms. The third kappa shape index (κ3) is 1.60. The molecular weight excluding hydrogens is 171 g/mol. The van der Waals surface area contributed by atoms with Crippen LogP contribution < -0.4 is 18.9 Å². The molecule has 0 spiro atoms. The number of amides is 1. The molecule has 62 valence electrons. The first-order valence-electron chi connectivity index (χ1n) is 3.38. The van der Waals surface area contributed by atoms with E-state index in [9.17, 15) is 13.6 Å². The van der Waals surface area contributed by atoms with Crippen LogP contribution in [0.3, 0.4) is 0 Å². The molecule has 0 radical (unpaired) electrons. The molecule has 1 aliphatic heterocycles. The van der Waals surface area contributed by atoms with Crippen LogP contribution >= 0.6 is 0 Å². The second-order valence-corrected chi connectivity index (χ2v) is 2.54. The van der Waals surface area contributed by atoms with Crippen LogP contribution in [-0.2, 0) is 6.54 Å². The van der Waals surface area contributed by atoms with Gasteiger partial charge in [-0.3, -0.25) is 0 Å². The number of hydrogen-bond donors (Lipinski definition) is 0. The van der Waals surface area contributed by atoms with Gasteiger partial charge in [-0.15, -0.1) is 6.54 Å². The molecule has 2 rings (SSSR count). The Morgan fingerprint density at radius 2 is 1.85 bits per heavy atom. The molecule has 0 N–H and O–H groups in total. The molecule has 0 fully saturated rings. The predicted molar refractivity (Wildman–Crippen MR) is 37.8 cm³/mol. The summed E-state index contributed by atoms with van der Waals surface area (Å²) in [4.78, 5) is 10.9. The summed E-state index contributed by atoms with van der Waals surface area (Å²) in [5, 5.41) is 3.51. The van der Waals surface area contributed by atoms with Crippen LogP contribution in [0.5, 0.6) is 0 Å². The second-order valence-electron chi connectivity index (χ2n) is 2.54. The van der Waals surface area contributed by atoms with E-state index in [1.54, 1.807) is 0 Å². The van der Waals surface area contributed by atoms with Gasteiger partial charge in [-0.25, -0.2) is 8.78 Å². The van der Waals surface area contributed by atoms with E-state index in [2.05, 4.69) is 5.32 Å². The quantitative estimate of drug-likeness (QED) is 0.465. The van der Waals surface area contributed by atoms with Crippen LogP contribution in [0, 0.1) is 11.6 Å². The Morgan fingerprint density at radius 1 is 1.23 bits per heavy atom. The number of rotatable bonds is 0. The largest absolute Gasteiger partial charge is 1.00 e. The van der Waals surface area contributed by atoms with Crippen LogP contribution in [-0.4, -0.2) is 5.91 Å². The number of carbonyl (C=O) groups is 1. The topological polar surface area (TPSA) is 31.2 Å². The van der Waals surface area contributed by atoms with Crippen LogP contribution in [0.15, 0.2) is 12.1 Å². The van der Waals surface area contributed by atoms with Gasteiger partial charge in [-0.05, 0) is 12.1 Å². The fourth-order valence-electron chi connectivity index (χ4n) is 1.16. The molecule has 5 heteroatoms. The van der Waals surface area contributed by atoms with Crippen LogP contribution in [0.25, 0.3) is 5.32 Å². The SMILES string of the molecule is O=C1[N-]Cc2cc(F)c(F)cc21.[Li+]. The van der Waals surface area contributed by atoms with Crippen LogP contribution in [0.1, 0.15) is 15.9 Å². The van der Waals surface area contributed by atoms with E-state index in [0.717, 1.165) is 12.1 Å². The molecule has 1 heterocycles. The van der Waals surface area contributed by atoms with E-state index in [1.807, 2.05) is 0 Å². The number of fused-ring (bicyclic) bond motifs is 1. The first-order valence-corrected chi connectivity index (χ1v) is 3.38. The van der Waals surface area contributed by atoms with E-state index < -0.39 is 17.5 Å². The van der Waals surface area contributed by atoms with Crippen molar-refractivity contribution in [3.8, 4) is 0 Å². The summed E-state index contributed by atoms with van der Waals surface area (Å²) in [5.41, 5.74) is 0.632. The first kappa shape index (κ1) is 10.2. The molecule has 13 heavy (non-hydrogen) atoms. The Kier molecular flexibility index (Phi) is 2.74. The molecule has 0 saturated carbocycles. The fraction of sp³-hybridized carbons (Fsp3) is 0.125. The van der Waals surface area contributed by atoms with E-state index in [0.29, 0.717) is 5.56 Å². The summed E-state index contributed by atoms with van der Waals surface area (Å²) in [6.07, 6.45) is 0. The fourth-order valence-corrected chi connectivity index (χ4v) is 1.16. The van der Waals surface area contributed by atoms with Crippen LogP contribution in [0.4, 0.5) is 8.78 Å². The standard InChI is InChI=1S/C8H5F2NO.Li/c9-6-1-4-3-11-8(12)5(4)2-7(6)10;/h1-2H,3H2,(H,11,12);/q;+1/p-1. The maximum absolute atomic E-state index is 12.6. The van der Waals surface area contributed by atoms with Crippen molar-refractivity contribution < 1.29 is 32.4 Å². The zero-order chi connectivity index (χ0) is 8.72. The number of benzene rings is 1. The third-order valence-electron chi connectivity index (χ3n) is 1.77. The van der Waals surface area contributed by atoms with Crippen molar-refractivity contribution in [2.45, 2.75) is 6.54 Å². The smallest absolute Gasteiger partial charge is 0.645 e. The molecule has 0 saturated heterocycles. The monoisotopic (exact) mass is 175 g/mol. The molecule has 0 aliphatic carbocycles. The minimum Gasteiger partial charge on any atom is -0.645 e. The zero-order valence-corrected chi connectivity index (χ0v) is 6.97. The van der Waals surface area contributed by atoms with Gasteiger partial charge in [0.05, 0.1) is 5.91 Å². The van der Waals surface area contributed by atoms with Crippen molar-refractivity contribution in [1.82, 2.24) is 0 Å². The molecule has 2 nitrogen and oxygen atoms in total. The first-order chi connectivity index (χ1) is 5.68. The minimum atomic E-state index is -1.00. The molecule has 1 aromatic carbocycles. The number of nitrogens with zero attached hydrogens (tertiary/aromatic N) is 1. The van der Waals surface area contributed by atoms with E-state index in [4.69, 9.17) is 0 Å². The van der Waals surface area contributed by atoms with Gasteiger partial charge < -0.3 is 10.1 Å². The molecule has 0 unspecified atom stereocenters. The van der Waals surface area contributed by atoms with Gasteiger partial charge >= 0.3 is 18.9 Å². The van der Waals surface area contributed by atoms with Gasteiger partial charge in [0.15, 0.2) is 11.6 Å². The van der Waals surface area contributed by atoms with Crippen molar-refractivity contribution in [1.29, 1.82) is 0 Å². The molecule has 0 atom stereocenters. The normalized spacial score (nSPS) is 13.2. The molecule has 1 aliphatic rings. The second kappa shape index (κ2) is 3.49. The summed E-state index contributed by atoms with van der Waals surface area (Å²) in [5.74, 6) is -2.40. The minimum absolute atomic E-state index is 0. The van der Waals surface area contributed by atoms with Gasteiger partial charge in [0.1, 0.15) is 0 Å². The Balaban J connectivity index is 0.000000845. The maximum Gasteiger partial charge on any atom is 1.00 e. The number of halogens is 2.